The Bertz CT molecular complexity index is 878. The van der Waals surface area contributed by atoms with Crippen LogP contribution in [0.5, 0.6) is 0 Å². The van der Waals surface area contributed by atoms with Crippen molar-refractivity contribution in [1.29, 1.82) is 0 Å². The summed E-state index contributed by atoms with van der Waals surface area (Å²) in [5.74, 6) is -0.240. The molecule has 0 fully saturated rings. The highest BCUT2D eigenvalue weighted by atomic mass is 79.9. The Morgan fingerprint density at radius 3 is 2.35 bits per heavy atom. The third-order valence-corrected chi connectivity index (χ3v) is 4.07. The van der Waals surface area contributed by atoms with Crippen LogP contribution in [-0.2, 0) is 0 Å². The molecule has 0 aliphatic heterocycles. The number of benzene rings is 3. The van der Waals surface area contributed by atoms with Gasteiger partial charge in [0.1, 0.15) is 0 Å². The molecule has 0 atom stereocenters. The lowest BCUT2D eigenvalue weighted by atomic mass is 10.1. The zero-order chi connectivity index (χ0) is 16.2. The van der Waals surface area contributed by atoms with Crippen molar-refractivity contribution in [2.75, 3.05) is 5.32 Å². The largest absolute Gasteiger partial charge is 0.332 e. The highest BCUT2D eigenvalue weighted by Gasteiger charge is 2.08. The fourth-order valence-electron chi connectivity index (χ4n) is 2.21. The van der Waals surface area contributed by atoms with E-state index in [1.165, 1.54) is 0 Å². The van der Waals surface area contributed by atoms with E-state index in [4.69, 9.17) is 12.2 Å². The van der Waals surface area contributed by atoms with E-state index in [9.17, 15) is 4.79 Å². The fraction of sp³-hybridized carbons (Fsp3) is 0. The standard InChI is InChI=1S/C18H13BrN2OS/c19-15-8-5-13(6-9-15)17(22)21-18(23)20-16-10-7-12-3-1-2-4-14(12)11-16/h1-11H,(H2,20,21,22,23). The molecule has 23 heavy (non-hydrogen) atoms. The van der Waals surface area contributed by atoms with Crippen LogP contribution >= 0.6 is 28.1 Å². The molecule has 0 bridgehead atoms. The topological polar surface area (TPSA) is 41.1 Å². The summed E-state index contributed by atoms with van der Waals surface area (Å²) in [5, 5.41) is 8.25. The molecule has 2 N–H and O–H groups in total. The zero-order valence-electron chi connectivity index (χ0n) is 12.0. The van der Waals surface area contributed by atoms with Gasteiger partial charge in [0.25, 0.3) is 5.91 Å². The molecule has 0 aromatic heterocycles. The Morgan fingerprint density at radius 1 is 0.913 bits per heavy atom. The second kappa shape index (κ2) is 6.89. The second-order valence-corrected chi connectivity index (χ2v) is 6.30. The van der Waals surface area contributed by atoms with E-state index in [1.807, 2.05) is 54.6 Å². The number of rotatable bonds is 2. The molecule has 0 radical (unpaired) electrons. The number of carbonyl (C=O) groups excluding carboxylic acids is 1. The van der Waals surface area contributed by atoms with Gasteiger partial charge in [-0.25, -0.2) is 0 Å². The number of thiocarbonyl (C=S) groups is 1. The lowest BCUT2D eigenvalue weighted by Crippen LogP contribution is -2.34. The molecule has 0 aliphatic carbocycles. The van der Waals surface area contributed by atoms with E-state index in [0.29, 0.717) is 5.56 Å². The molecular formula is C18H13BrN2OS. The summed E-state index contributed by atoms with van der Waals surface area (Å²) < 4.78 is 0.922. The molecule has 3 aromatic carbocycles. The van der Waals surface area contributed by atoms with E-state index < -0.39 is 0 Å². The smallest absolute Gasteiger partial charge is 0.257 e. The maximum atomic E-state index is 12.1. The highest BCUT2D eigenvalue weighted by molar-refractivity contribution is 9.10. The molecule has 5 heteroatoms. The van der Waals surface area contributed by atoms with Gasteiger partial charge in [-0.2, -0.15) is 0 Å². The molecule has 0 unspecified atom stereocenters. The van der Waals surface area contributed by atoms with Crippen LogP contribution in [0.2, 0.25) is 0 Å². The van der Waals surface area contributed by atoms with Gasteiger partial charge >= 0.3 is 0 Å². The first kappa shape index (κ1) is 15.6. The number of nitrogens with one attached hydrogen (secondary N) is 2. The monoisotopic (exact) mass is 384 g/mol. The third-order valence-electron chi connectivity index (χ3n) is 3.34. The molecule has 0 saturated carbocycles. The van der Waals surface area contributed by atoms with Crippen LogP contribution in [0.3, 0.4) is 0 Å². The minimum atomic E-state index is -0.240. The third kappa shape index (κ3) is 3.94. The van der Waals surface area contributed by atoms with Crippen LogP contribution in [-0.4, -0.2) is 11.0 Å². The molecule has 3 rings (SSSR count). The molecule has 0 saturated heterocycles. The van der Waals surface area contributed by atoms with Crippen LogP contribution in [0.4, 0.5) is 5.69 Å². The molecule has 3 aromatic rings. The summed E-state index contributed by atoms with van der Waals surface area (Å²) >= 11 is 8.55. The van der Waals surface area contributed by atoms with E-state index in [-0.39, 0.29) is 11.0 Å². The average molecular weight is 385 g/mol. The Morgan fingerprint density at radius 2 is 1.61 bits per heavy atom. The number of hydrogen-bond acceptors (Lipinski definition) is 2. The Hall–Kier alpha value is -2.24. The maximum absolute atomic E-state index is 12.1. The molecule has 0 spiro atoms. The van der Waals surface area contributed by atoms with Crippen molar-refractivity contribution in [2.45, 2.75) is 0 Å². The van der Waals surface area contributed by atoms with Gasteiger partial charge in [-0.1, -0.05) is 46.3 Å². The average Bonchev–Trinajstić information content (AvgIpc) is 2.55. The first-order chi connectivity index (χ1) is 11.1. The first-order valence-electron chi connectivity index (χ1n) is 6.98. The van der Waals surface area contributed by atoms with Gasteiger partial charge in [0.05, 0.1) is 0 Å². The predicted molar refractivity (Wildman–Crippen MR) is 102 cm³/mol. The van der Waals surface area contributed by atoms with Crippen LogP contribution in [0, 0.1) is 0 Å². The van der Waals surface area contributed by atoms with Crippen LogP contribution in [0.25, 0.3) is 10.8 Å². The molecule has 3 nitrogen and oxygen atoms in total. The van der Waals surface area contributed by atoms with Gasteiger partial charge in [-0.3, -0.25) is 10.1 Å². The number of fused-ring (bicyclic) bond motifs is 1. The Balaban J connectivity index is 1.68. The molecule has 1 amide bonds. The van der Waals surface area contributed by atoms with Crippen molar-refractivity contribution in [3.8, 4) is 0 Å². The Kier molecular flexibility index (Phi) is 4.69. The SMILES string of the molecule is O=C(NC(=S)Nc1ccc2ccccc2c1)c1ccc(Br)cc1. The van der Waals surface area contributed by atoms with Gasteiger partial charge < -0.3 is 5.32 Å². The van der Waals surface area contributed by atoms with Gasteiger partial charge in [0.15, 0.2) is 5.11 Å². The number of carbonyl (C=O) groups is 1. The van der Waals surface area contributed by atoms with Gasteiger partial charge in [-0.05, 0) is 59.4 Å². The molecule has 114 valence electrons. The Labute approximate surface area is 147 Å². The van der Waals surface area contributed by atoms with Gasteiger partial charge in [0, 0.05) is 15.7 Å². The van der Waals surface area contributed by atoms with Crippen molar-refractivity contribution in [2.24, 2.45) is 0 Å². The lowest BCUT2D eigenvalue weighted by Gasteiger charge is -2.10. The summed E-state index contributed by atoms with van der Waals surface area (Å²) in [6, 6.07) is 21.1. The number of amides is 1. The second-order valence-electron chi connectivity index (χ2n) is 4.98. The van der Waals surface area contributed by atoms with Gasteiger partial charge in [0.2, 0.25) is 0 Å². The summed E-state index contributed by atoms with van der Waals surface area (Å²) in [7, 11) is 0. The summed E-state index contributed by atoms with van der Waals surface area (Å²) in [5.41, 5.74) is 1.39. The quantitative estimate of drug-likeness (QED) is 0.627. The minimum Gasteiger partial charge on any atom is -0.332 e. The van der Waals surface area contributed by atoms with Crippen LogP contribution in [0.15, 0.2) is 71.2 Å². The van der Waals surface area contributed by atoms with Gasteiger partial charge in [-0.15, -0.1) is 0 Å². The lowest BCUT2D eigenvalue weighted by molar-refractivity contribution is 0.0977. The van der Waals surface area contributed by atoms with Crippen LogP contribution in [0.1, 0.15) is 10.4 Å². The van der Waals surface area contributed by atoms with Crippen molar-refractivity contribution in [1.82, 2.24) is 5.32 Å². The zero-order valence-corrected chi connectivity index (χ0v) is 14.4. The normalized spacial score (nSPS) is 10.3. The van der Waals surface area contributed by atoms with Crippen molar-refractivity contribution < 1.29 is 4.79 Å². The van der Waals surface area contributed by atoms with Crippen molar-refractivity contribution in [3.05, 3.63) is 76.8 Å². The number of hydrogen-bond donors (Lipinski definition) is 2. The molecule has 0 aliphatic rings. The molecular weight excluding hydrogens is 372 g/mol. The fourth-order valence-corrected chi connectivity index (χ4v) is 2.68. The van der Waals surface area contributed by atoms with E-state index in [1.54, 1.807) is 12.1 Å². The summed E-state index contributed by atoms with van der Waals surface area (Å²) in [6.07, 6.45) is 0. The van der Waals surface area contributed by atoms with E-state index in [2.05, 4.69) is 26.6 Å². The minimum absolute atomic E-state index is 0.240. The predicted octanol–water partition coefficient (Wildman–Crippen LogP) is 4.73. The number of halogens is 1. The van der Waals surface area contributed by atoms with Crippen molar-refractivity contribution >= 4 is 55.6 Å². The summed E-state index contributed by atoms with van der Waals surface area (Å²) in [6.45, 7) is 0. The van der Waals surface area contributed by atoms with E-state index >= 15 is 0 Å². The van der Waals surface area contributed by atoms with E-state index in [0.717, 1.165) is 20.9 Å². The highest BCUT2D eigenvalue weighted by Crippen LogP contribution is 2.18. The van der Waals surface area contributed by atoms with Crippen molar-refractivity contribution in [3.63, 3.8) is 0 Å². The molecule has 0 heterocycles. The maximum Gasteiger partial charge on any atom is 0.257 e. The number of anilines is 1. The first-order valence-corrected chi connectivity index (χ1v) is 8.19. The summed E-state index contributed by atoms with van der Waals surface area (Å²) in [4.78, 5) is 12.1. The van der Waals surface area contributed by atoms with Crippen LogP contribution < -0.4 is 10.6 Å².